The summed E-state index contributed by atoms with van der Waals surface area (Å²) in [5.74, 6) is -0.802. The number of carboxylic acid groups (broad SMARTS) is 1. The van der Waals surface area contributed by atoms with E-state index in [2.05, 4.69) is 10.3 Å². The number of nitrogens with zero attached hydrogens (tertiary/aromatic N) is 1. The molecule has 6 heteroatoms. The quantitative estimate of drug-likeness (QED) is 0.789. The molecule has 1 aromatic rings. The highest BCUT2D eigenvalue weighted by molar-refractivity contribution is 5.94. The topological polar surface area (TPSA) is 92.4 Å². The highest BCUT2D eigenvalue weighted by atomic mass is 16.4. The number of aromatic nitrogens is 1. The second kappa shape index (κ2) is 6.36. The van der Waals surface area contributed by atoms with E-state index in [0.29, 0.717) is 25.0 Å². The highest BCUT2D eigenvalue weighted by Gasteiger charge is 2.32. The summed E-state index contributed by atoms with van der Waals surface area (Å²) < 4.78 is 5.11. The molecule has 19 heavy (non-hydrogen) atoms. The first-order chi connectivity index (χ1) is 8.98. The maximum Gasteiger partial charge on any atom is 0.305 e. The maximum absolute atomic E-state index is 12.2. The van der Waals surface area contributed by atoms with E-state index in [0.717, 1.165) is 0 Å². The third-order valence-corrected chi connectivity index (χ3v) is 3.40. The minimum absolute atomic E-state index is 0.106. The fraction of sp³-hybridized carbons (Fsp3) is 0.615. The SMILES string of the molecule is CCc1ocnc1C(=O)NC(CC)(CC)CC(=O)O. The van der Waals surface area contributed by atoms with Gasteiger partial charge in [0.2, 0.25) is 0 Å². The van der Waals surface area contributed by atoms with Crippen molar-refractivity contribution < 1.29 is 19.1 Å². The molecule has 0 spiro atoms. The molecule has 1 aromatic heterocycles. The molecule has 0 fully saturated rings. The summed E-state index contributed by atoms with van der Waals surface area (Å²) >= 11 is 0. The minimum Gasteiger partial charge on any atom is -0.481 e. The molecule has 0 aliphatic carbocycles. The Labute approximate surface area is 112 Å². The molecule has 0 aromatic carbocycles. The monoisotopic (exact) mass is 268 g/mol. The van der Waals surface area contributed by atoms with Gasteiger partial charge in [0.25, 0.3) is 5.91 Å². The van der Waals surface area contributed by atoms with Crippen molar-refractivity contribution in [1.82, 2.24) is 10.3 Å². The van der Waals surface area contributed by atoms with Crippen LogP contribution < -0.4 is 5.32 Å². The number of hydrogen-bond acceptors (Lipinski definition) is 4. The van der Waals surface area contributed by atoms with Gasteiger partial charge in [0.05, 0.1) is 12.0 Å². The first kappa shape index (κ1) is 15.2. The molecule has 0 saturated carbocycles. The number of carbonyl (C=O) groups is 2. The zero-order chi connectivity index (χ0) is 14.5. The molecule has 0 bridgehead atoms. The summed E-state index contributed by atoms with van der Waals surface area (Å²) in [7, 11) is 0. The number of carbonyl (C=O) groups excluding carboxylic acids is 1. The number of carboxylic acids is 1. The van der Waals surface area contributed by atoms with Crippen LogP contribution in [-0.2, 0) is 11.2 Å². The van der Waals surface area contributed by atoms with Gasteiger partial charge in [0.15, 0.2) is 12.1 Å². The number of aliphatic carboxylic acids is 1. The van der Waals surface area contributed by atoms with Crippen LogP contribution in [0.15, 0.2) is 10.8 Å². The number of rotatable bonds is 7. The standard InChI is InChI=1S/C13H20N2O4/c1-4-9-11(14-8-19-9)12(18)15-13(5-2,6-3)7-10(16)17/h8H,4-7H2,1-3H3,(H,15,18)(H,16,17). The largest absolute Gasteiger partial charge is 0.481 e. The van der Waals surface area contributed by atoms with Gasteiger partial charge in [-0.1, -0.05) is 20.8 Å². The first-order valence-electron chi connectivity index (χ1n) is 6.44. The van der Waals surface area contributed by atoms with E-state index in [4.69, 9.17) is 9.52 Å². The van der Waals surface area contributed by atoms with Gasteiger partial charge in [0, 0.05) is 6.42 Å². The molecular formula is C13H20N2O4. The van der Waals surface area contributed by atoms with Gasteiger partial charge in [-0.3, -0.25) is 9.59 Å². The van der Waals surface area contributed by atoms with Crippen LogP contribution in [0.25, 0.3) is 0 Å². The Bertz CT molecular complexity index is 449. The molecule has 0 atom stereocenters. The summed E-state index contributed by atoms with van der Waals surface area (Å²) in [5, 5.41) is 11.8. The van der Waals surface area contributed by atoms with Gasteiger partial charge in [-0.25, -0.2) is 4.98 Å². The molecule has 0 aliphatic rings. The van der Waals surface area contributed by atoms with Crippen molar-refractivity contribution in [3.05, 3.63) is 17.8 Å². The van der Waals surface area contributed by atoms with Crippen molar-refractivity contribution >= 4 is 11.9 Å². The van der Waals surface area contributed by atoms with Gasteiger partial charge < -0.3 is 14.8 Å². The lowest BCUT2D eigenvalue weighted by Gasteiger charge is -2.31. The summed E-state index contributed by atoms with van der Waals surface area (Å²) in [6, 6.07) is 0. The first-order valence-corrected chi connectivity index (χ1v) is 6.44. The second-order valence-electron chi connectivity index (χ2n) is 4.49. The summed E-state index contributed by atoms with van der Waals surface area (Å²) in [6.07, 6.45) is 2.77. The fourth-order valence-corrected chi connectivity index (χ4v) is 2.02. The molecule has 1 heterocycles. The Balaban J connectivity index is 2.91. The molecule has 0 unspecified atom stereocenters. The van der Waals surface area contributed by atoms with Crippen molar-refractivity contribution in [1.29, 1.82) is 0 Å². The zero-order valence-corrected chi connectivity index (χ0v) is 11.5. The molecule has 1 rings (SSSR count). The lowest BCUT2D eigenvalue weighted by atomic mass is 9.88. The predicted octanol–water partition coefficient (Wildman–Crippen LogP) is 2.00. The average molecular weight is 268 g/mol. The van der Waals surface area contributed by atoms with E-state index >= 15 is 0 Å². The highest BCUT2D eigenvalue weighted by Crippen LogP contribution is 2.21. The van der Waals surface area contributed by atoms with Crippen LogP contribution in [0.1, 0.15) is 56.3 Å². The fourth-order valence-electron chi connectivity index (χ4n) is 2.02. The van der Waals surface area contributed by atoms with Crippen LogP contribution >= 0.6 is 0 Å². The van der Waals surface area contributed by atoms with E-state index in [1.807, 2.05) is 20.8 Å². The van der Waals surface area contributed by atoms with Crippen molar-refractivity contribution in [3.8, 4) is 0 Å². The lowest BCUT2D eigenvalue weighted by molar-refractivity contribution is -0.138. The Kier molecular flexibility index (Phi) is 5.09. The Morgan fingerprint density at radius 3 is 2.47 bits per heavy atom. The lowest BCUT2D eigenvalue weighted by Crippen LogP contribution is -2.49. The van der Waals surface area contributed by atoms with E-state index in [-0.39, 0.29) is 18.0 Å². The molecule has 1 amide bonds. The molecule has 0 saturated heterocycles. The number of nitrogens with one attached hydrogen (secondary N) is 1. The van der Waals surface area contributed by atoms with E-state index < -0.39 is 11.5 Å². The number of hydrogen-bond donors (Lipinski definition) is 2. The van der Waals surface area contributed by atoms with Gasteiger partial charge in [-0.05, 0) is 12.8 Å². The van der Waals surface area contributed by atoms with Crippen molar-refractivity contribution in [2.45, 2.75) is 52.0 Å². The van der Waals surface area contributed by atoms with Crippen LogP contribution in [0.5, 0.6) is 0 Å². The molecule has 0 radical (unpaired) electrons. The van der Waals surface area contributed by atoms with Gasteiger partial charge in [0.1, 0.15) is 5.76 Å². The molecule has 2 N–H and O–H groups in total. The summed E-state index contributed by atoms with van der Waals surface area (Å²) in [4.78, 5) is 27.0. The molecule has 6 nitrogen and oxygen atoms in total. The van der Waals surface area contributed by atoms with Crippen LogP contribution in [0.4, 0.5) is 0 Å². The molecular weight excluding hydrogens is 248 g/mol. The Hall–Kier alpha value is -1.85. The van der Waals surface area contributed by atoms with Crippen LogP contribution in [0, 0.1) is 0 Å². The number of oxazole rings is 1. The Morgan fingerprint density at radius 1 is 1.37 bits per heavy atom. The minimum atomic E-state index is -0.931. The zero-order valence-electron chi connectivity index (χ0n) is 11.5. The van der Waals surface area contributed by atoms with Gasteiger partial charge in [-0.2, -0.15) is 0 Å². The predicted molar refractivity (Wildman–Crippen MR) is 68.9 cm³/mol. The van der Waals surface area contributed by atoms with Crippen molar-refractivity contribution in [2.75, 3.05) is 0 Å². The third-order valence-electron chi connectivity index (χ3n) is 3.40. The van der Waals surface area contributed by atoms with E-state index in [1.165, 1.54) is 6.39 Å². The second-order valence-corrected chi connectivity index (χ2v) is 4.49. The molecule has 0 aliphatic heterocycles. The van der Waals surface area contributed by atoms with Crippen molar-refractivity contribution in [3.63, 3.8) is 0 Å². The maximum atomic E-state index is 12.2. The normalized spacial score (nSPS) is 11.3. The van der Waals surface area contributed by atoms with Crippen molar-refractivity contribution in [2.24, 2.45) is 0 Å². The Morgan fingerprint density at radius 2 is 2.00 bits per heavy atom. The van der Waals surface area contributed by atoms with Crippen LogP contribution in [0.2, 0.25) is 0 Å². The summed E-state index contributed by atoms with van der Waals surface area (Å²) in [5.41, 5.74) is -0.508. The number of aryl methyl sites for hydroxylation is 1. The van der Waals surface area contributed by atoms with Gasteiger partial charge >= 0.3 is 5.97 Å². The number of amides is 1. The van der Waals surface area contributed by atoms with Gasteiger partial charge in [-0.15, -0.1) is 0 Å². The smallest absolute Gasteiger partial charge is 0.305 e. The average Bonchev–Trinajstić information content (AvgIpc) is 2.85. The van der Waals surface area contributed by atoms with Crippen LogP contribution in [0.3, 0.4) is 0 Å². The van der Waals surface area contributed by atoms with E-state index in [9.17, 15) is 9.59 Å². The summed E-state index contributed by atoms with van der Waals surface area (Å²) in [6.45, 7) is 5.58. The van der Waals surface area contributed by atoms with Crippen LogP contribution in [-0.4, -0.2) is 27.5 Å². The molecule has 106 valence electrons. The van der Waals surface area contributed by atoms with E-state index in [1.54, 1.807) is 0 Å². The third kappa shape index (κ3) is 3.56.